The van der Waals surface area contributed by atoms with Crippen molar-refractivity contribution in [3.05, 3.63) is 212 Å². The molecule has 276 valence electrons. The third kappa shape index (κ3) is 6.43. The van der Waals surface area contributed by atoms with E-state index in [-0.39, 0.29) is 0 Å². The lowest BCUT2D eigenvalue weighted by atomic mass is 9.89. The van der Waals surface area contributed by atoms with E-state index in [4.69, 9.17) is 19.4 Å². The first-order valence-electron chi connectivity index (χ1n) is 19.8. The van der Waals surface area contributed by atoms with Crippen molar-refractivity contribution < 1.29 is 4.42 Å². The van der Waals surface area contributed by atoms with E-state index >= 15 is 0 Å². The van der Waals surface area contributed by atoms with Gasteiger partial charge in [-0.15, -0.1) is 0 Å². The zero-order chi connectivity index (χ0) is 39.1. The Morgan fingerprint density at radius 3 is 1.51 bits per heavy atom. The predicted molar refractivity (Wildman–Crippen MR) is 243 cm³/mol. The van der Waals surface area contributed by atoms with Crippen LogP contribution in [0.3, 0.4) is 0 Å². The standard InChI is InChI=1S/C55H35N3O/c1-4-13-36(14-5-1)39-23-26-41(27-24-39)53-56-54(44-28-25-38-17-10-11-20-42(38)33-44)58-55(57-53)45-30-32-48-51(35-45)59-50-22-12-21-47(52(48)50)46-31-29-43(37-15-6-2-7-16-37)34-49(46)40-18-8-3-9-19-40/h1-35H. The Hall–Kier alpha value is -7.95. The minimum absolute atomic E-state index is 0.579. The lowest BCUT2D eigenvalue weighted by molar-refractivity contribution is 0.669. The zero-order valence-corrected chi connectivity index (χ0v) is 32.0. The van der Waals surface area contributed by atoms with Gasteiger partial charge in [0.1, 0.15) is 11.2 Å². The van der Waals surface area contributed by atoms with Gasteiger partial charge in [0.2, 0.25) is 0 Å². The van der Waals surface area contributed by atoms with E-state index in [1.807, 2.05) is 6.07 Å². The first kappa shape index (κ1) is 34.3. The van der Waals surface area contributed by atoms with E-state index in [2.05, 4.69) is 206 Å². The summed E-state index contributed by atoms with van der Waals surface area (Å²) >= 11 is 0. The fourth-order valence-corrected chi connectivity index (χ4v) is 8.17. The van der Waals surface area contributed by atoms with Crippen LogP contribution in [0, 0.1) is 0 Å². The maximum Gasteiger partial charge on any atom is 0.164 e. The maximum atomic E-state index is 6.68. The summed E-state index contributed by atoms with van der Waals surface area (Å²) in [5.41, 5.74) is 13.5. The van der Waals surface area contributed by atoms with Crippen molar-refractivity contribution in [2.75, 3.05) is 0 Å². The molecule has 0 spiro atoms. The van der Waals surface area contributed by atoms with E-state index in [1.165, 1.54) is 22.1 Å². The Kier molecular flexibility index (Phi) is 8.45. The smallest absolute Gasteiger partial charge is 0.164 e. The average molecular weight is 754 g/mol. The molecule has 0 saturated heterocycles. The lowest BCUT2D eigenvalue weighted by Crippen LogP contribution is -2.00. The number of aromatic nitrogens is 3. The van der Waals surface area contributed by atoms with Crippen LogP contribution in [0.5, 0.6) is 0 Å². The molecule has 4 nitrogen and oxygen atoms in total. The molecule has 0 aliphatic heterocycles. The molecule has 11 aromatic rings. The monoisotopic (exact) mass is 753 g/mol. The Balaban J connectivity index is 1.05. The van der Waals surface area contributed by atoms with Crippen molar-refractivity contribution in [1.29, 1.82) is 0 Å². The van der Waals surface area contributed by atoms with E-state index in [0.717, 1.165) is 71.8 Å². The molecule has 0 radical (unpaired) electrons. The highest BCUT2D eigenvalue weighted by Crippen LogP contribution is 2.43. The maximum absolute atomic E-state index is 6.68. The quantitative estimate of drug-likeness (QED) is 0.163. The Bertz CT molecular complexity index is 3300. The second-order valence-corrected chi connectivity index (χ2v) is 14.8. The van der Waals surface area contributed by atoms with Gasteiger partial charge in [0.15, 0.2) is 17.5 Å². The zero-order valence-electron chi connectivity index (χ0n) is 32.0. The van der Waals surface area contributed by atoms with E-state index in [0.29, 0.717) is 17.5 Å². The first-order chi connectivity index (χ1) is 29.2. The summed E-state index contributed by atoms with van der Waals surface area (Å²) in [5.74, 6) is 1.80. The van der Waals surface area contributed by atoms with Gasteiger partial charge in [-0.05, 0) is 85.6 Å². The minimum Gasteiger partial charge on any atom is -0.456 e. The van der Waals surface area contributed by atoms with Gasteiger partial charge in [-0.3, -0.25) is 0 Å². The van der Waals surface area contributed by atoms with Gasteiger partial charge in [0, 0.05) is 27.5 Å². The highest BCUT2D eigenvalue weighted by Gasteiger charge is 2.19. The number of furan rings is 1. The Morgan fingerprint density at radius 2 is 0.797 bits per heavy atom. The van der Waals surface area contributed by atoms with Gasteiger partial charge < -0.3 is 4.42 Å². The van der Waals surface area contributed by atoms with Gasteiger partial charge in [-0.2, -0.15) is 0 Å². The fourth-order valence-electron chi connectivity index (χ4n) is 8.17. The summed E-state index contributed by atoms with van der Waals surface area (Å²) in [6, 6.07) is 74.1. The molecule has 0 bridgehead atoms. The molecule has 0 atom stereocenters. The second kappa shape index (κ2) is 14.5. The highest BCUT2D eigenvalue weighted by molar-refractivity contribution is 6.14. The summed E-state index contributed by atoms with van der Waals surface area (Å²) in [7, 11) is 0. The number of rotatable bonds is 7. The van der Waals surface area contributed by atoms with Crippen LogP contribution < -0.4 is 0 Å². The van der Waals surface area contributed by atoms with Gasteiger partial charge >= 0.3 is 0 Å². The van der Waals surface area contributed by atoms with Crippen LogP contribution in [0.25, 0.3) is 111 Å². The Labute approximate surface area is 341 Å². The van der Waals surface area contributed by atoms with Crippen molar-refractivity contribution in [3.8, 4) is 78.7 Å². The molecule has 0 fully saturated rings. The summed E-state index contributed by atoms with van der Waals surface area (Å²) < 4.78 is 6.68. The van der Waals surface area contributed by atoms with Crippen molar-refractivity contribution in [1.82, 2.24) is 15.0 Å². The average Bonchev–Trinajstić information content (AvgIpc) is 3.70. The fraction of sp³-hybridized carbons (Fsp3) is 0. The topological polar surface area (TPSA) is 51.8 Å². The summed E-state index contributed by atoms with van der Waals surface area (Å²) in [6.45, 7) is 0. The van der Waals surface area contributed by atoms with Crippen LogP contribution in [-0.4, -0.2) is 15.0 Å². The molecule has 0 unspecified atom stereocenters. The third-order valence-corrected chi connectivity index (χ3v) is 11.2. The van der Waals surface area contributed by atoms with Gasteiger partial charge in [0.05, 0.1) is 0 Å². The molecule has 0 aliphatic rings. The van der Waals surface area contributed by atoms with Crippen LogP contribution >= 0.6 is 0 Å². The molecular weight excluding hydrogens is 719 g/mol. The minimum atomic E-state index is 0.579. The van der Waals surface area contributed by atoms with Crippen molar-refractivity contribution in [3.63, 3.8) is 0 Å². The molecule has 2 aromatic heterocycles. The van der Waals surface area contributed by atoms with E-state index in [1.54, 1.807) is 0 Å². The van der Waals surface area contributed by atoms with Crippen molar-refractivity contribution in [2.45, 2.75) is 0 Å². The molecule has 11 rings (SSSR count). The summed E-state index contributed by atoms with van der Waals surface area (Å²) in [5, 5.41) is 4.40. The second-order valence-electron chi connectivity index (χ2n) is 14.8. The normalized spacial score (nSPS) is 11.4. The SMILES string of the molecule is c1ccc(-c2ccc(-c3nc(-c4ccc5ccccc5c4)nc(-c4ccc5c(c4)oc4cccc(-c6ccc(-c7ccccc7)cc6-c6ccccc6)c45)n3)cc2)cc1. The van der Waals surface area contributed by atoms with Crippen LogP contribution in [0.2, 0.25) is 0 Å². The third-order valence-electron chi connectivity index (χ3n) is 11.2. The number of hydrogen-bond acceptors (Lipinski definition) is 4. The molecule has 9 aromatic carbocycles. The molecule has 0 aliphatic carbocycles. The van der Waals surface area contributed by atoms with Crippen molar-refractivity contribution >= 4 is 32.7 Å². The number of hydrogen-bond donors (Lipinski definition) is 0. The molecule has 0 saturated carbocycles. The molecule has 4 heteroatoms. The number of nitrogens with zero attached hydrogens (tertiary/aromatic N) is 3. The van der Waals surface area contributed by atoms with Gasteiger partial charge in [-0.25, -0.2) is 15.0 Å². The van der Waals surface area contributed by atoms with Gasteiger partial charge in [0.25, 0.3) is 0 Å². The molecular formula is C55H35N3O. The summed E-state index contributed by atoms with van der Waals surface area (Å²) in [4.78, 5) is 15.3. The van der Waals surface area contributed by atoms with Gasteiger partial charge in [-0.1, -0.05) is 182 Å². The number of fused-ring (bicyclic) bond motifs is 4. The van der Waals surface area contributed by atoms with Crippen LogP contribution in [0.4, 0.5) is 0 Å². The largest absolute Gasteiger partial charge is 0.456 e. The lowest BCUT2D eigenvalue weighted by Gasteiger charge is -2.14. The molecule has 2 heterocycles. The molecule has 59 heavy (non-hydrogen) atoms. The van der Waals surface area contributed by atoms with Crippen LogP contribution in [-0.2, 0) is 0 Å². The molecule has 0 N–H and O–H groups in total. The highest BCUT2D eigenvalue weighted by atomic mass is 16.3. The summed E-state index contributed by atoms with van der Waals surface area (Å²) in [6.07, 6.45) is 0. The predicted octanol–water partition coefficient (Wildman–Crippen LogP) is 14.6. The van der Waals surface area contributed by atoms with Crippen LogP contribution in [0.15, 0.2) is 217 Å². The number of benzene rings is 9. The molecule has 0 amide bonds. The van der Waals surface area contributed by atoms with E-state index in [9.17, 15) is 0 Å². The van der Waals surface area contributed by atoms with E-state index < -0.39 is 0 Å². The Morgan fingerprint density at radius 1 is 0.271 bits per heavy atom. The first-order valence-corrected chi connectivity index (χ1v) is 19.8. The van der Waals surface area contributed by atoms with Crippen LogP contribution in [0.1, 0.15) is 0 Å². The van der Waals surface area contributed by atoms with Crippen molar-refractivity contribution in [2.24, 2.45) is 0 Å².